The van der Waals surface area contributed by atoms with Crippen LogP contribution < -0.4 is 15.4 Å². The van der Waals surface area contributed by atoms with Crippen LogP contribution in [0, 0.1) is 17.1 Å². The van der Waals surface area contributed by atoms with Gasteiger partial charge in [0.2, 0.25) is 5.88 Å². The van der Waals surface area contributed by atoms with Gasteiger partial charge in [-0.2, -0.15) is 23.4 Å². The van der Waals surface area contributed by atoms with Gasteiger partial charge in [-0.05, 0) is 37.6 Å². The normalized spacial score (nSPS) is 15.8. The highest BCUT2D eigenvalue weighted by atomic mass is 19.4. The second-order valence-corrected chi connectivity index (χ2v) is 6.56. The SMILES string of the molecule is N#Cc1ccc(COc2cccc(NC3CCCNC3)n2)c(F)c1.O=C(O)C(F)(F)F. The molecule has 1 unspecified atom stereocenters. The molecule has 1 aromatic carbocycles. The smallest absolute Gasteiger partial charge is 0.475 e. The summed E-state index contributed by atoms with van der Waals surface area (Å²) in [7, 11) is 0. The van der Waals surface area contributed by atoms with Crippen molar-refractivity contribution < 1.29 is 32.2 Å². The first-order chi connectivity index (χ1) is 14.7. The minimum Gasteiger partial charge on any atom is -0.475 e. The Bertz CT molecular complexity index is 925. The number of nitrogens with zero attached hydrogens (tertiary/aromatic N) is 2. The molecule has 0 bridgehead atoms. The van der Waals surface area contributed by atoms with Crippen LogP contribution in [0.15, 0.2) is 36.4 Å². The molecule has 1 aliphatic heterocycles. The summed E-state index contributed by atoms with van der Waals surface area (Å²) in [4.78, 5) is 13.3. The molecular formula is C20H20F4N4O3. The summed E-state index contributed by atoms with van der Waals surface area (Å²) >= 11 is 0. The van der Waals surface area contributed by atoms with Crippen molar-refractivity contribution in [3.63, 3.8) is 0 Å². The summed E-state index contributed by atoms with van der Waals surface area (Å²) < 4.78 is 51.2. The van der Waals surface area contributed by atoms with E-state index in [1.807, 2.05) is 18.2 Å². The van der Waals surface area contributed by atoms with E-state index in [0.717, 1.165) is 31.7 Å². The molecule has 1 atom stereocenters. The zero-order valence-electron chi connectivity index (χ0n) is 16.2. The summed E-state index contributed by atoms with van der Waals surface area (Å²) in [5, 5.41) is 22.6. The van der Waals surface area contributed by atoms with Crippen LogP contribution in [0.4, 0.5) is 23.4 Å². The first-order valence-corrected chi connectivity index (χ1v) is 9.25. The highest BCUT2D eigenvalue weighted by molar-refractivity contribution is 5.73. The molecule has 1 aromatic heterocycles. The summed E-state index contributed by atoms with van der Waals surface area (Å²) in [5.41, 5.74) is 0.687. The molecule has 11 heteroatoms. The molecule has 0 spiro atoms. The van der Waals surface area contributed by atoms with Gasteiger partial charge in [0.25, 0.3) is 0 Å². The van der Waals surface area contributed by atoms with Crippen LogP contribution in [0.2, 0.25) is 0 Å². The van der Waals surface area contributed by atoms with E-state index in [1.54, 1.807) is 18.2 Å². The number of aromatic nitrogens is 1. The summed E-state index contributed by atoms with van der Waals surface area (Å²) in [6.45, 7) is 2.05. The molecule has 7 nitrogen and oxygen atoms in total. The molecule has 1 saturated heterocycles. The Hall–Kier alpha value is -3.39. The fourth-order valence-electron chi connectivity index (χ4n) is 2.65. The number of pyridine rings is 1. The number of benzene rings is 1. The second-order valence-electron chi connectivity index (χ2n) is 6.56. The van der Waals surface area contributed by atoms with E-state index < -0.39 is 18.0 Å². The average molecular weight is 440 g/mol. The third kappa shape index (κ3) is 8.10. The highest BCUT2D eigenvalue weighted by Gasteiger charge is 2.38. The predicted octanol–water partition coefficient (Wildman–Crippen LogP) is 3.47. The van der Waals surface area contributed by atoms with Gasteiger partial charge in [-0.1, -0.05) is 12.1 Å². The largest absolute Gasteiger partial charge is 0.490 e. The van der Waals surface area contributed by atoms with Crippen LogP contribution in [0.1, 0.15) is 24.0 Å². The lowest BCUT2D eigenvalue weighted by atomic mass is 10.1. The average Bonchev–Trinajstić information content (AvgIpc) is 2.73. The number of nitriles is 1. The van der Waals surface area contributed by atoms with E-state index in [9.17, 15) is 17.6 Å². The lowest BCUT2D eigenvalue weighted by Crippen LogP contribution is -2.38. The maximum absolute atomic E-state index is 13.9. The maximum Gasteiger partial charge on any atom is 0.490 e. The number of carboxylic acid groups (broad SMARTS) is 1. The lowest BCUT2D eigenvalue weighted by molar-refractivity contribution is -0.192. The van der Waals surface area contributed by atoms with Gasteiger partial charge in [0, 0.05) is 24.2 Å². The van der Waals surface area contributed by atoms with Crippen LogP contribution in [0.3, 0.4) is 0 Å². The minimum atomic E-state index is -5.08. The molecule has 0 saturated carbocycles. The number of nitrogens with one attached hydrogen (secondary N) is 2. The van der Waals surface area contributed by atoms with E-state index in [0.29, 0.717) is 23.0 Å². The number of carbonyl (C=O) groups is 1. The number of hydrogen-bond donors (Lipinski definition) is 3. The molecule has 1 fully saturated rings. The number of rotatable bonds is 5. The number of halogens is 4. The van der Waals surface area contributed by atoms with Gasteiger partial charge in [-0.3, -0.25) is 0 Å². The van der Waals surface area contributed by atoms with Gasteiger partial charge in [0.1, 0.15) is 18.2 Å². The van der Waals surface area contributed by atoms with Gasteiger partial charge >= 0.3 is 12.1 Å². The standard InChI is InChI=1S/C18H19FN4O.C2HF3O2/c19-16-9-13(10-20)6-7-14(16)12-24-18-5-1-4-17(23-18)22-15-3-2-8-21-11-15;3-2(4,5)1(6)7/h1,4-7,9,15,21H,2-3,8,11-12H2,(H,22,23);(H,6,7). The first kappa shape index (κ1) is 23.9. The van der Waals surface area contributed by atoms with Gasteiger partial charge in [-0.15, -0.1) is 0 Å². The van der Waals surface area contributed by atoms with Crippen LogP contribution in [-0.2, 0) is 11.4 Å². The fraction of sp³-hybridized carbons (Fsp3) is 0.350. The zero-order valence-corrected chi connectivity index (χ0v) is 16.2. The molecule has 0 radical (unpaired) electrons. The highest BCUT2D eigenvalue weighted by Crippen LogP contribution is 2.17. The predicted molar refractivity (Wildman–Crippen MR) is 103 cm³/mol. The van der Waals surface area contributed by atoms with Crippen LogP contribution >= 0.6 is 0 Å². The Labute approximate surface area is 175 Å². The van der Waals surface area contributed by atoms with E-state index in [4.69, 9.17) is 19.9 Å². The Morgan fingerprint density at radius 1 is 1.35 bits per heavy atom. The summed E-state index contributed by atoms with van der Waals surface area (Å²) in [6.07, 6.45) is -2.83. The van der Waals surface area contributed by atoms with E-state index in [2.05, 4.69) is 15.6 Å². The monoisotopic (exact) mass is 440 g/mol. The minimum absolute atomic E-state index is 0.0684. The fourth-order valence-corrected chi connectivity index (χ4v) is 2.65. The topological polar surface area (TPSA) is 107 Å². The summed E-state index contributed by atoms with van der Waals surface area (Å²) in [5.74, 6) is -2.02. The molecule has 2 heterocycles. The second kappa shape index (κ2) is 11.1. The van der Waals surface area contributed by atoms with E-state index in [-0.39, 0.29) is 6.61 Å². The number of alkyl halides is 3. The molecule has 0 aliphatic carbocycles. The van der Waals surface area contributed by atoms with E-state index in [1.165, 1.54) is 6.07 Å². The molecular weight excluding hydrogens is 420 g/mol. The molecule has 2 aromatic rings. The zero-order chi connectivity index (χ0) is 22.9. The van der Waals surface area contributed by atoms with Crippen molar-refractivity contribution in [2.45, 2.75) is 31.7 Å². The van der Waals surface area contributed by atoms with Crippen molar-refractivity contribution in [2.24, 2.45) is 0 Å². The van der Waals surface area contributed by atoms with E-state index >= 15 is 0 Å². The Balaban J connectivity index is 0.000000423. The number of ether oxygens (including phenoxy) is 1. The molecule has 31 heavy (non-hydrogen) atoms. The van der Waals surface area contributed by atoms with Gasteiger partial charge in [-0.25, -0.2) is 9.18 Å². The van der Waals surface area contributed by atoms with Gasteiger partial charge in [0.15, 0.2) is 0 Å². The van der Waals surface area contributed by atoms with Crippen LogP contribution in [0.5, 0.6) is 5.88 Å². The number of piperidine rings is 1. The third-order valence-corrected chi connectivity index (χ3v) is 4.17. The van der Waals surface area contributed by atoms with Crippen molar-refractivity contribution in [2.75, 3.05) is 18.4 Å². The first-order valence-electron chi connectivity index (χ1n) is 9.25. The number of carboxylic acids is 1. The number of anilines is 1. The van der Waals surface area contributed by atoms with Crippen LogP contribution in [0.25, 0.3) is 0 Å². The molecule has 0 amide bonds. The third-order valence-electron chi connectivity index (χ3n) is 4.17. The maximum atomic E-state index is 13.9. The quantitative estimate of drug-likeness (QED) is 0.611. The Kier molecular flexibility index (Phi) is 8.57. The lowest BCUT2D eigenvalue weighted by Gasteiger charge is -2.24. The Morgan fingerprint density at radius 2 is 2.10 bits per heavy atom. The molecule has 166 valence electrons. The van der Waals surface area contributed by atoms with Crippen molar-refractivity contribution in [3.8, 4) is 11.9 Å². The number of aliphatic carboxylic acids is 1. The Morgan fingerprint density at radius 3 is 2.68 bits per heavy atom. The van der Waals surface area contributed by atoms with Crippen molar-refractivity contribution in [1.29, 1.82) is 5.26 Å². The van der Waals surface area contributed by atoms with Crippen molar-refractivity contribution in [1.82, 2.24) is 10.3 Å². The number of hydrogen-bond acceptors (Lipinski definition) is 6. The molecule has 3 rings (SSSR count). The van der Waals surface area contributed by atoms with Gasteiger partial charge in [0.05, 0.1) is 11.6 Å². The van der Waals surface area contributed by atoms with Crippen molar-refractivity contribution >= 4 is 11.8 Å². The van der Waals surface area contributed by atoms with Gasteiger partial charge < -0.3 is 20.5 Å². The molecule has 3 N–H and O–H groups in total. The molecule has 1 aliphatic rings. The van der Waals surface area contributed by atoms with Crippen molar-refractivity contribution in [3.05, 3.63) is 53.3 Å². The van der Waals surface area contributed by atoms with Crippen LogP contribution in [-0.4, -0.2) is 41.4 Å². The summed E-state index contributed by atoms with van der Waals surface area (Å²) in [6, 6.07) is 12.1.